The van der Waals surface area contributed by atoms with Crippen LogP contribution >= 0.6 is 20.9 Å². The third kappa shape index (κ3) is 4.36. The summed E-state index contributed by atoms with van der Waals surface area (Å²) in [5, 5.41) is 0.993. The summed E-state index contributed by atoms with van der Waals surface area (Å²) < 4.78 is 1.21. The molecule has 0 saturated heterocycles. The maximum atomic E-state index is 4.66. The molecule has 3 rings (SSSR count). The Morgan fingerprint density at radius 3 is 2.41 bits per heavy atom. The summed E-state index contributed by atoms with van der Waals surface area (Å²) in [5.41, 5.74) is 3.44. The van der Waals surface area contributed by atoms with Crippen molar-refractivity contribution in [1.82, 2.24) is 9.97 Å². The summed E-state index contributed by atoms with van der Waals surface area (Å²) in [6.45, 7) is 6.64. The van der Waals surface area contributed by atoms with Crippen molar-refractivity contribution in [2.45, 2.75) is 26.2 Å². The Kier molecular flexibility index (Phi) is 7.16. The van der Waals surface area contributed by atoms with Crippen LogP contribution in [0.1, 0.15) is 26.3 Å². The number of fused-ring (bicyclic) bond motifs is 1. The Hall–Kier alpha value is -0.788. The van der Waals surface area contributed by atoms with E-state index in [1.165, 1.54) is 10.3 Å². The fourth-order valence-electron chi connectivity index (χ4n) is 2.00. The molecule has 5 heteroatoms. The van der Waals surface area contributed by atoms with E-state index >= 15 is 0 Å². The van der Waals surface area contributed by atoms with Crippen LogP contribution < -0.4 is 0 Å². The van der Waals surface area contributed by atoms with Gasteiger partial charge in [-0.3, -0.25) is 4.98 Å². The first-order valence-corrected chi connectivity index (χ1v) is 9.30. The molecule has 120 valence electrons. The van der Waals surface area contributed by atoms with Crippen molar-refractivity contribution in [1.29, 1.82) is 0 Å². The molecule has 0 aliphatic carbocycles. The van der Waals surface area contributed by atoms with Crippen LogP contribution in [0.3, 0.4) is 0 Å². The minimum atomic E-state index is 0. The van der Waals surface area contributed by atoms with Gasteiger partial charge in [0.1, 0.15) is 5.01 Å². The first-order valence-electron chi connectivity index (χ1n) is 6.48. The van der Waals surface area contributed by atoms with Gasteiger partial charge in [-0.15, -0.1) is 11.3 Å². The monoisotopic (exact) mass is 424 g/mol. The quantitative estimate of drug-likeness (QED) is 0.364. The van der Waals surface area contributed by atoms with Gasteiger partial charge in [-0.2, -0.15) is 0 Å². The molecular formula is C17H19ClN2PdS. The molecule has 0 aliphatic rings. The number of hydrogen-bond acceptors (Lipinski definition) is 3. The van der Waals surface area contributed by atoms with E-state index in [1.807, 2.05) is 24.4 Å². The van der Waals surface area contributed by atoms with Gasteiger partial charge in [0.2, 0.25) is 0 Å². The number of benzene rings is 1. The molecule has 0 unspecified atom stereocenters. The number of rotatable bonds is 1. The van der Waals surface area contributed by atoms with Gasteiger partial charge in [-0.05, 0) is 35.2 Å². The van der Waals surface area contributed by atoms with Gasteiger partial charge in [0, 0.05) is 6.20 Å². The number of para-hydroxylation sites is 1. The fraction of sp³-hybridized carbons (Fsp3) is 0.235. The molecule has 0 aliphatic heterocycles. The molecule has 0 spiro atoms. The molecule has 0 N–H and O–H groups in total. The third-order valence-corrected chi connectivity index (χ3v) is 4.20. The fourth-order valence-corrected chi connectivity index (χ4v) is 2.93. The van der Waals surface area contributed by atoms with Crippen molar-refractivity contribution in [2.75, 3.05) is 0 Å². The van der Waals surface area contributed by atoms with Crippen LogP contribution in [0.25, 0.3) is 20.9 Å². The molecule has 0 bridgehead atoms. The molecule has 0 atom stereocenters. The third-order valence-electron chi connectivity index (χ3n) is 3.14. The van der Waals surface area contributed by atoms with Crippen molar-refractivity contribution in [3.05, 3.63) is 55.6 Å². The molecule has 0 amide bonds. The molecule has 2 aromatic heterocycles. The number of halogens is 1. The average Bonchev–Trinajstić information content (AvgIpc) is 2.92. The second kappa shape index (κ2) is 8.17. The van der Waals surface area contributed by atoms with Crippen LogP contribution in [-0.2, 0) is 23.6 Å². The molecule has 2 nitrogen and oxygen atoms in total. The predicted octanol–water partition coefficient (Wildman–Crippen LogP) is 5.79. The molecular weight excluding hydrogens is 406 g/mol. The summed E-state index contributed by atoms with van der Waals surface area (Å²) in [6, 6.07) is 12.4. The van der Waals surface area contributed by atoms with Gasteiger partial charge in [-0.1, -0.05) is 32.9 Å². The second-order valence-corrected chi connectivity index (χ2v) is 6.70. The van der Waals surface area contributed by atoms with E-state index in [4.69, 9.17) is 0 Å². The van der Waals surface area contributed by atoms with Crippen molar-refractivity contribution in [2.24, 2.45) is 0 Å². The average molecular weight is 425 g/mol. The molecule has 22 heavy (non-hydrogen) atoms. The van der Waals surface area contributed by atoms with Gasteiger partial charge in [0.25, 0.3) is 0 Å². The number of hydrogen-bond donors (Lipinski definition) is 0. The van der Waals surface area contributed by atoms with E-state index < -0.39 is 0 Å². The summed E-state index contributed by atoms with van der Waals surface area (Å²) >= 11 is 3.92. The van der Waals surface area contributed by atoms with Gasteiger partial charge >= 0.3 is 27.7 Å². The summed E-state index contributed by atoms with van der Waals surface area (Å²) in [7, 11) is 4.49. The molecule has 0 radical (unpaired) electrons. The molecule has 2 heterocycles. The van der Waals surface area contributed by atoms with Crippen LogP contribution in [0.2, 0.25) is 0 Å². The standard InChI is InChI=1S/C16H16N2S.CH3.ClH.Pd/c1-16(2,3)11-8-9-17-13(10-11)15-18-12-6-4-5-7-14(12)19-15;;;/h4-10H,1-3H3;1H3;1H;/q;-1;;+2/p-1. The molecule has 0 fully saturated rings. The first kappa shape index (κ1) is 19.3. The van der Waals surface area contributed by atoms with E-state index in [0.717, 1.165) is 16.2 Å². The summed E-state index contributed by atoms with van der Waals surface area (Å²) in [6.07, 6.45) is 1.88. The van der Waals surface area contributed by atoms with Crippen LogP contribution in [0, 0.1) is 7.43 Å². The van der Waals surface area contributed by atoms with Crippen LogP contribution in [0.5, 0.6) is 0 Å². The Bertz CT molecular complexity index is 702. The zero-order chi connectivity index (χ0) is 15.5. The van der Waals surface area contributed by atoms with Crippen LogP contribution in [0.15, 0.2) is 42.6 Å². The predicted molar refractivity (Wildman–Crippen MR) is 93.8 cm³/mol. The SMILES string of the molecule is CC(C)(C)c1ccnc(-c2nc3ccccc3s2)c1.[CH3-].[Cl][Pd+]. The van der Waals surface area contributed by atoms with Crippen molar-refractivity contribution >= 4 is 31.1 Å². The zero-order valence-corrected chi connectivity index (χ0v) is 16.2. The van der Waals surface area contributed by atoms with Gasteiger partial charge < -0.3 is 7.43 Å². The molecule has 0 saturated carbocycles. The topological polar surface area (TPSA) is 25.8 Å². The van der Waals surface area contributed by atoms with Gasteiger partial charge in [0.15, 0.2) is 0 Å². The minimum absolute atomic E-state index is 0. The Labute approximate surface area is 151 Å². The van der Waals surface area contributed by atoms with Crippen LogP contribution in [0.4, 0.5) is 0 Å². The number of aromatic nitrogens is 2. The first-order chi connectivity index (χ1) is 10.0. The molecule has 3 aromatic rings. The zero-order valence-electron chi connectivity index (χ0n) is 13.0. The van der Waals surface area contributed by atoms with Crippen LogP contribution in [-0.4, -0.2) is 9.97 Å². The van der Waals surface area contributed by atoms with E-state index in [1.54, 1.807) is 11.3 Å². The number of pyridine rings is 1. The van der Waals surface area contributed by atoms with E-state index in [0.29, 0.717) is 0 Å². The van der Waals surface area contributed by atoms with E-state index in [-0.39, 0.29) is 12.8 Å². The Morgan fingerprint density at radius 2 is 1.77 bits per heavy atom. The number of thiazole rings is 1. The van der Waals surface area contributed by atoms with E-state index in [2.05, 4.69) is 76.6 Å². The maximum absolute atomic E-state index is 4.66. The normalized spacial score (nSPS) is 10.6. The Morgan fingerprint density at radius 1 is 1.09 bits per heavy atom. The van der Waals surface area contributed by atoms with Gasteiger partial charge in [-0.25, -0.2) is 4.98 Å². The van der Waals surface area contributed by atoms with Crippen molar-refractivity contribution in [3.63, 3.8) is 0 Å². The molecule has 1 aromatic carbocycles. The van der Waals surface area contributed by atoms with Crippen molar-refractivity contribution < 1.29 is 18.2 Å². The summed E-state index contributed by atoms with van der Waals surface area (Å²) in [5.74, 6) is 0. The Balaban J connectivity index is 0.000000775. The summed E-state index contributed by atoms with van der Waals surface area (Å²) in [4.78, 5) is 9.13. The van der Waals surface area contributed by atoms with Crippen molar-refractivity contribution in [3.8, 4) is 10.7 Å². The number of nitrogens with zero attached hydrogens (tertiary/aromatic N) is 2. The second-order valence-electron chi connectivity index (χ2n) is 5.67. The van der Waals surface area contributed by atoms with E-state index in [9.17, 15) is 0 Å². The van der Waals surface area contributed by atoms with Gasteiger partial charge in [0.05, 0.1) is 15.9 Å².